The van der Waals surface area contributed by atoms with Gasteiger partial charge in [-0.3, -0.25) is 9.97 Å². The van der Waals surface area contributed by atoms with Crippen molar-refractivity contribution in [3.05, 3.63) is 145 Å². The van der Waals surface area contributed by atoms with Gasteiger partial charge in [0.25, 0.3) is 0 Å². The second kappa shape index (κ2) is 9.91. The van der Waals surface area contributed by atoms with Crippen LogP contribution in [-0.4, -0.2) is 9.97 Å². The van der Waals surface area contributed by atoms with Gasteiger partial charge in [-0.2, -0.15) is 0 Å². The van der Waals surface area contributed by atoms with Crippen LogP contribution in [0.15, 0.2) is 134 Å². The molecule has 2 heteroatoms. The van der Waals surface area contributed by atoms with Crippen LogP contribution in [0.4, 0.5) is 0 Å². The molecule has 0 radical (unpaired) electrons. The van der Waals surface area contributed by atoms with Crippen LogP contribution in [0.5, 0.6) is 0 Å². The molecule has 40 heavy (non-hydrogen) atoms. The molecule has 2 nitrogen and oxygen atoms in total. The zero-order valence-corrected chi connectivity index (χ0v) is 22.6. The summed E-state index contributed by atoms with van der Waals surface area (Å²) in [7, 11) is 0. The highest BCUT2D eigenvalue weighted by Crippen LogP contribution is 2.44. The normalized spacial score (nSPS) is 11.2. The maximum Gasteiger partial charge on any atom is 0.0710 e. The van der Waals surface area contributed by atoms with E-state index in [1.165, 1.54) is 54.9 Å². The van der Waals surface area contributed by atoms with Crippen LogP contribution >= 0.6 is 0 Å². The number of rotatable bonds is 4. The predicted molar refractivity (Wildman–Crippen MR) is 168 cm³/mol. The minimum absolute atomic E-state index is 0.991. The summed E-state index contributed by atoms with van der Waals surface area (Å²) in [6.45, 7) is 4.28. The average Bonchev–Trinajstić information content (AvgIpc) is 3.00. The Hall–Kier alpha value is -5.08. The van der Waals surface area contributed by atoms with E-state index in [2.05, 4.69) is 135 Å². The van der Waals surface area contributed by atoms with Gasteiger partial charge in [0.05, 0.1) is 11.4 Å². The first-order chi connectivity index (χ1) is 19.7. The number of pyridine rings is 2. The molecular weight excluding hydrogens is 484 g/mol. The Bertz CT molecular complexity index is 1830. The van der Waals surface area contributed by atoms with E-state index < -0.39 is 0 Å². The summed E-state index contributed by atoms with van der Waals surface area (Å²) in [5.41, 5.74) is 11.6. The van der Waals surface area contributed by atoms with Crippen molar-refractivity contribution in [3.8, 4) is 44.8 Å². The number of benzene rings is 5. The van der Waals surface area contributed by atoms with Gasteiger partial charge in [0.15, 0.2) is 0 Å². The fraction of sp³-hybridized carbons (Fsp3) is 0.0526. The van der Waals surface area contributed by atoms with Gasteiger partial charge in [-0.25, -0.2) is 0 Å². The van der Waals surface area contributed by atoms with Crippen LogP contribution in [-0.2, 0) is 0 Å². The number of aryl methyl sites for hydroxylation is 2. The molecule has 0 saturated heterocycles. The van der Waals surface area contributed by atoms with E-state index in [4.69, 9.17) is 9.97 Å². The molecular formula is C38H28N2. The molecule has 2 aromatic heterocycles. The van der Waals surface area contributed by atoms with Crippen molar-refractivity contribution >= 4 is 21.5 Å². The standard InChI is InChI=1S/C38H28N2/c1-25-11-3-5-13-29(25)35-23-27(19-21-39-35)37-31-15-7-9-17-33(31)38(34-18-10-8-16-32(34)37)28-20-22-40-36(24-28)30-14-6-4-12-26(30)2/h3-24H,1-2H3. The maximum atomic E-state index is 4.76. The van der Waals surface area contributed by atoms with Crippen molar-refractivity contribution < 1.29 is 0 Å². The highest BCUT2D eigenvalue weighted by atomic mass is 14.7. The third-order valence-corrected chi connectivity index (χ3v) is 7.87. The van der Waals surface area contributed by atoms with Gasteiger partial charge in [-0.15, -0.1) is 0 Å². The highest BCUT2D eigenvalue weighted by molar-refractivity contribution is 6.21. The van der Waals surface area contributed by atoms with Gasteiger partial charge in [0.2, 0.25) is 0 Å². The van der Waals surface area contributed by atoms with Crippen molar-refractivity contribution in [1.29, 1.82) is 0 Å². The van der Waals surface area contributed by atoms with Crippen LogP contribution in [0, 0.1) is 13.8 Å². The molecule has 0 fully saturated rings. The minimum Gasteiger partial charge on any atom is -0.256 e. The lowest BCUT2D eigenvalue weighted by molar-refractivity contribution is 1.31. The summed E-state index contributed by atoms with van der Waals surface area (Å²) in [5, 5.41) is 4.92. The molecule has 7 rings (SSSR count). The maximum absolute atomic E-state index is 4.76. The minimum atomic E-state index is 0.991. The van der Waals surface area contributed by atoms with Crippen molar-refractivity contribution in [2.75, 3.05) is 0 Å². The lowest BCUT2D eigenvalue weighted by Gasteiger charge is -2.18. The molecule has 0 saturated carbocycles. The monoisotopic (exact) mass is 512 g/mol. The van der Waals surface area contributed by atoms with E-state index in [9.17, 15) is 0 Å². The summed E-state index contributed by atoms with van der Waals surface area (Å²) in [6.07, 6.45) is 3.87. The third kappa shape index (κ3) is 4.06. The summed E-state index contributed by atoms with van der Waals surface area (Å²) >= 11 is 0. The largest absolute Gasteiger partial charge is 0.256 e. The van der Waals surface area contributed by atoms with Crippen LogP contribution < -0.4 is 0 Å². The molecule has 0 aliphatic carbocycles. The van der Waals surface area contributed by atoms with Gasteiger partial charge in [0, 0.05) is 23.5 Å². The van der Waals surface area contributed by atoms with Gasteiger partial charge < -0.3 is 0 Å². The SMILES string of the molecule is Cc1ccccc1-c1cc(-c2c3ccccc3c(-c3ccnc(-c4ccccc4C)c3)c3ccccc23)ccn1. The Kier molecular flexibility index (Phi) is 5.94. The number of hydrogen-bond donors (Lipinski definition) is 0. The molecule has 0 N–H and O–H groups in total. The van der Waals surface area contributed by atoms with Crippen LogP contribution in [0.1, 0.15) is 11.1 Å². The first-order valence-electron chi connectivity index (χ1n) is 13.7. The Morgan fingerprint density at radius 3 is 1.12 bits per heavy atom. The summed E-state index contributed by atoms with van der Waals surface area (Å²) in [5.74, 6) is 0. The Morgan fingerprint density at radius 1 is 0.400 bits per heavy atom. The van der Waals surface area contributed by atoms with Crippen molar-refractivity contribution in [2.45, 2.75) is 13.8 Å². The van der Waals surface area contributed by atoms with Crippen molar-refractivity contribution in [1.82, 2.24) is 9.97 Å². The first-order valence-corrected chi connectivity index (χ1v) is 13.7. The van der Waals surface area contributed by atoms with E-state index in [-0.39, 0.29) is 0 Å². The van der Waals surface area contributed by atoms with Crippen LogP contribution in [0.25, 0.3) is 66.3 Å². The molecule has 190 valence electrons. The summed E-state index contributed by atoms with van der Waals surface area (Å²) in [4.78, 5) is 9.52. The zero-order valence-electron chi connectivity index (χ0n) is 22.6. The lowest BCUT2D eigenvalue weighted by atomic mass is 9.85. The number of nitrogens with zero attached hydrogens (tertiary/aromatic N) is 2. The molecule has 0 bridgehead atoms. The van der Waals surface area contributed by atoms with Gasteiger partial charge >= 0.3 is 0 Å². The Labute approximate surface area is 234 Å². The van der Waals surface area contributed by atoms with Gasteiger partial charge in [-0.1, -0.05) is 97.1 Å². The smallest absolute Gasteiger partial charge is 0.0710 e. The summed E-state index contributed by atoms with van der Waals surface area (Å²) < 4.78 is 0. The summed E-state index contributed by atoms with van der Waals surface area (Å²) in [6, 6.07) is 43.2. The number of aromatic nitrogens is 2. The highest BCUT2D eigenvalue weighted by Gasteiger charge is 2.18. The van der Waals surface area contributed by atoms with Crippen LogP contribution in [0.2, 0.25) is 0 Å². The topological polar surface area (TPSA) is 25.8 Å². The van der Waals surface area contributed by atoms with E-state index in [1.54, 1.807) is 0 Å². The first kappa shape index (κ1) is 24.0. The molecule has 2 heterocycles. The Morgan fingerprint density at radius 2 is 0.750 bits per heavy atom. The second-order valence-corrected chi connectivity index (χ2v) is 10.3. The molecule has 0 amide bonds. The fourth-order valence-corrected chi connectivity index (χ4v) is 5.94. The fourth-order valence-electron chi connectivity index (χ4n) is 5.94. The van der Waals surface area contributed by atoms with E-state index in [1.807, 2.05) is 12.4 Å². The average molecular weight is 513 g/mol. The van der Waals surface area contributed by atoms with E-state index in [0.717, 1.165) is 22.5 Å². The number of hydrogen-bond acceptors (Lipinski definition) is 2. The van der Waals surface area contributed by atoms with Gasteiger partial charge in [-0.05, 0) is 93.0 Å². The predicted octanol–water partition coefficient (Wildman–Crippen LogP) is 10.1. The number of fused-ring (bicyclic) bond motifs is 2. The van der Waals surface area contributed by atoms with Gasteiger partial charge in [0.1, 0.15) is 0 Å². The molecule has 0 spiro atoms. The molecule has 0 atom stereocenters. The second-order valence-electron chi connectivity index (χ2n) is 10.3. The molecule has 0 unspecified atom stereocenters. The van der Waals surface area contributed by atoms with E-state index in [0.29, 0.717) is 0 Å². The third-order valence-electron chi connectivity index (χ3n) is 7.87. The quantitative estimate of drug-likeness (QED) is 0.219. The Balaban J connectivity index is 1.51. The van der Waals surface area contributed by atoms with Crippen LogP contribution in [0.3, 0.4) is 0 Å². The molecule has 0 aliphatic rings. The molecule has 5 aromatic carbocycles. The van der Waals surface area contributed by atoms with Crippen molar-refractivity contribution in [3.63, 3.8) is 0 Å². The van der Waals surface area contributed by atoms with E-state index >= 15 is 0 Å². The lowest BCUT2D eigenvalue weighted by Crippen LogP contribution is -1.93. The molecule has 0 aliphatic heterocycles. The molecule has 7 aromatic rings. The zero-order chi connectivity index (χ0) is 27.1. The van der Waals surface area contributed by atoms with Crippen molar-refractivity contribution in [2.24, 2.45) is 0 Å².